The lowest BCUT2D eigenvalue weighted by Gasteiger charge is -2.26. The summed E-state index contributed by atoms with van der Waals surface area (Å²) in [6.45, 7) is 0. The molecule has 0 radical (unpaired) electrons. The van der Waals surface area contributed by atoms with Crippen molar-refractivity contribution < 1.29 is 4.42 Å². The predicted octanol–water partition coefficient (Wildman–Crippen LogP) is 13.8. The van der Waals surface area contributed by atoms with Crippen LogP contribution in [0, 0.1) is 0 Å². The zero-order chi connectivity index (χ0) is 33.0. The zero-order valence-corrected chi connectivity index (χ0v) is 27.3. The van der Waals surface area contributed by atoms with Crippen molar-refractivity contribution in [1.29, 1.82) is 0 Å². The largest absolute Gasteiger partial charge is 0.454 e. The standard InChI is InChI=1S/C48H31NO/c1-2-9-32(10-3-1)33-17-24-38(25-18-33)49(46-15-8-14-45-44-13-6-7-16-47(44)50-48(45)46)39-26-19-34(20-27-39)36-22-28-41-37(31-36)23-30-42-40-12-5-4-11-35(40)21-29-43(41)42/h1-31H. The molecule has 0 spiro atoms. The summed E-state index contributed by atoms with van der Waals surface area (Å²) >= 11 is 0. The Morgan fingerprint density at radius 1 is 0.320 bits per heavy atom. The monoisotopic (exact) mass is 637 g/mol. The fourth-order valence-electron chi connectivity index (χ4n) is 7.58. The molecule has 0 unspecified atom stereocenters. The first kappa shape index (κ1) is 28.4. The van der Waals surface area contributed by atoms with Crippen molar-refractivity contribution in [2.45, 2.75) is 0 Å². The van der Waals surface area contributed by atoms with Crippen LogP contribution in [-0.4, -0.2) is 0 Å². The SMILES string of the molecule is c1ccc(-c2ccc(N(c3ccc(-c4ccc5c(ccc6c7ccccc7ccc56)c4)cc3)c3cccc4c3oc3ccccc34)cc2)cc1. The summed E-state index contributed by atoms with van der Waals surface area (Å²) in [7, 11) is 0. The summed E-state index contributed by atoms with van der Waals surface area (Å²) in [5.41, 5.74) is 9.65. The molecule has 0 fully saturated rings. The summed E-state index contributed by atoms with van der Waals surface area (Å²) in [4.78, 5) is 2.31. The topological polar surface area (TPSA) is 16.4 Å². The maximum absolute atomic E-state index is 6.55. The van der Waals surface area contributed by atoms with E-state index in [1.807, 2.05) is 12.1 Å². The maximum atomic E-state index is 6.55. The number of anilines is 3. The van der Waals surface area contributed by atoms with Gasteiger partial charge in [0.15, 0.2) is 5.58 Å². The van der Waals surface area contributed by atoms with Crippen LogP contribution >= 0.6 is 0 Å². The van der Waals surface area contributed by atoms with E-state index in [0.717, 1.165) is 39.0 Å². The number of furan rings is 1. The molecule has 0 amide bonds. The van der Waals surface area contributed by atoms with Gasteiger partial charge in [-0.2, -0.15) is 0 Å². The van der Waals surface area contributed by atoms with E-state index in [1.165, 1.54) is 54.6 Å². The van der Waals surface area contributed by atoms with E-state index in [1.54, 1.807) is 0 Å². The Labute approximate surface area is 290 Å². The second-order valence-electron chi connectivity index (χ2n) is 12.9. The lowest BCUT2D eigenvalue weighted by atomic mass is 9.95. The molecule has 10 rings (SSSR count). The average molecular weight is 638 g/mol. The van der Waals surface area contributed by atoms with E-state index in [-0.39, 0.29) is 0 Å². The molecule has 10 aromatic rings. The third kappa shape index (κ3) is 4.65. The highest BCUT2D eigenvalue weighted by Gasteiger charge is 2.19. The first-order valence-electron chi connectivity index (χ1n) is 17.1. The van der Waals surface area contributed by atoms with Gasteiger partial charge in [0.1, 0.15) is 5.58 Å². The van der Waals surface area contributed by atoms with Crippen LogP contribution in [0.25, 0.3) is 76.5 Å². The van der Waals surface area contributed by atoms with Gasteiger partial charge in [0.2, 0.25) is 0 Å². The third-order valence-electron chi connectivity index (χ3n) is 10.1. The molecule has 2 heteroatoms. The number of nitrogens with zero attached hydrogens (tertiary/aromatic N) is 1. The minimum Gasteiger partial charge on any atom is -0.454 e. The van der Waals surface area contributed by atoms with Gasteiger partial charge in [0.05, 0.1) is 5.69 Å². The number of hydrogen-bond acceptors (Lipinski definition) is 2. The number of benzene rings is 9. The summed E-state index contributed by atoms with van der Waals surface area (Å²) in [6, 6.07) is 67.4. The van der Waals surface area contributed by atoms with Gasteiger partial charge in [-0.15, -0.1) is 0 Å². The molecule has 2 nitrogen and oxygen atoms in total. The van der Waals surface area contributed by atoms with Gasteiger partial charge < -0.3 is 9.32 Å². The van der Waals surface area contributed by atoms with Crippen molar-refractivity contribution in [3.05, 3.63) is 188 Å². The normalized spacial score (nSPS) is 11.6. The van der Waals surface area contributed by atoms with Gasteiger partial charge in [-0.1, -0.05) is 146 Å². The number of fused-ring (bicyclic) bond motifs is 8. The molecule has 50 heavy (non-hydrogen) atoms. The zero-order valence-electron chi connectivity index (χ0n) is 27.3. The fraction of sp³-hybridized carbons (Fsp3) is 0. The van der Waals surface area contributed by atoms with E-state index in [9.17, 15) is 0 Å². The van der Waals surface area contributed by atoms with E-state index in [0.29, 0.717) is 0 Å². The van der Waals surface area contributed by atoms with Gasteiger partial charge in [-0.05, 0) is 97.0 Å². The van der Waals surface area contributed by atoms with Gasteiger partial charge in [-0.25, -0.2) is 0 Å². The lowest BCUT2D eigenvalue weighted by molar-refractivity contribution is 0.669. The highest BCUT2D eigenvalue weighted by atomic mass is 16.3. The molecule has 234 valence electrons. The van der Waals surface area contributed by atoms with E-state index in [2.05, 4.69) is 181 Å². The first-order valence-corrected chi connectivity index (χ1v) is 17.1. The van der Waals surface area contributed by atoms with Gasteiger partial charge >= 0.3 is 0 Å². The fourth-order valence-corrected chi connectivity index (χ4v) is 7.58. The second-order valence-corrected chi connectivity index (χ2v) is 12.9. The van der Waals surface area contributed by atoms with Crippen molar-refractivity contribution >= 4 is 71.3 Å². The minimum absolute atomic E-state index is 0.874. The van der Waals surface area contributed by atoms with E-state index < -0.39 is 0 Å². The van der Waals surface area contributed by atoms with Crippen LogP contribution in [0.2, 0.25) is 0 Å². The lowest BCUT2D eigenvalue weighted by Crippen LogP contribution is -2.10. The smallest absolute Gasteiger partial charge is 0.159 e. The van der Waals surface area contributed by atoms with E-state index in [4.69, 9.17) is 4.42 Å². The van der Waals surface area contributed by atoms with Crippen LogP contribution in [0.5, 0.6) is 0 Å². The number of para-hydroxylation sites is 2. The molecule has 0 atom stereocenters. The molecule has 9 aromatic carbocycles. The molecule has 0 saturated heterocycles. The predicted molar refractivity (Wildman–Crippen MR) is 212 cm³/mol. The Morgan fingerprint density at radius 2 is 0.860 bits per heavy atom. The molecule has 1 aromatic heterocycles. The van der Waals surface area contributed by atoms with Crippen molar-refractivity contribution in [3.63, 3.8) is 0 Å². The summed E-state index contributed by atoms with van der Waals surface area (Å²) in [5.74, 6) is 0. The third-order valence-corrected chi connectivity index (χ3v) is 10.1. The van der Waals surface area contributed by atoms with Crippen LogP contribution in [0.15, 0.2) is 192 Å². The molecular weight excluding hydrogens is 607 g/mol. The van der Waals surface area contributed by atoms with Crippen molar-refractivity contribution in [2.75, 3.05) is 4.90 Å². The van der Waals surface area contributed by atoms with Gasteiger partial charge in [-0.3, -0.25) is 0 Å². The quantitative estimate of drug-likeness (QED) is 0.175. The Morgan fingerprint density at radius 3 is 1.62 bits per heavy atom. The molecule has 0 aliphatic heterocycles. The van der Waals surface area contributed by atoms with Crippen LogP contribution in [0.1, 0.15) is 0 Å². The van der Waals surface area contributed by atoms with Crippen LogP contribution < -0.4 is 4.90 Å². The minimum atomic E-state index is 0.874. The molecule has 0 N–H and O–H groups in total. The molecule has 0 saturated carbocycles. The Balaban J connectivity index is 1.07. The van der Waals surface area contributed by atoms with Crippen molar-refractivity contribution in [2.24, 2.45) is 0 Å². The molecule has 0 aliphatic carbocycles. The summed E-state index contributed by atoms with van der Waals surface area (Å²) < 4.78 is 6.55. The summed E-state index contributed by atoms with van der Waals surface area (Å²) in [6.07, 6.45) is 0. The molecular formula is C48H31NO. The van der Waals surface area contributed by atoms with Crippen LogP contribution in [0.4, 0.5) is 17.1 Å². The van der Waals surface area contributed by atoms with Gasteiger partial charge in [0, 0.05) is 22.1 Å². The Bertz CT molecular complexity index is 2850. The highest BCUT2D eigenvalue weighted by molar-refractivity contribution is 6.17. The molecule has 1 heterocycles. The Hall–Kier alpha value is -6.64. The second kappa shape index (κ2) is 11.5. The average Bonchev–Trinajstić information content (AvgIpc) is 3.58. The Kier molecular flexibility index (Phi) is 6.53. The number of hydrogen-bond donors (Lipinski definition) is 0. The maximum Gasteiger partial charge on any atom is 0.159 e. The van der Waals surface area contributed by atoms with Crippen LogP contribution in [0.3, 0.4) is 0 Å². The number of rotatable bonds is 5. The summed E-state index contributed by atoms with van der Waals surface area (Å²) in [5, 5.41) is 9.90. The molecule has 0 aliphatic rings. The van der Waals surface area contributed by atoms with Crippen molar-refractivity contribution in [1.82, 2.24) is 0 Å². The van der Waals surface area contributed by atoms with Crippen LogP contribution in [-0.2, 0) is 0 Å². The van der Waals surface area contributed by atoms with Gasteiger partial charge in [0.25, 0.3) is 0 Å². The van der Waals surface area contributed by atoms with Crippen molar-refractivity contribution in [3.8, 4) is 22.3 Å². The highest BCUT2D eigenvalue weighted by Crippen LogP contribution is 2.43. The first-order chi connectivity index (χ1) is 24.8. The molecule has 0 bridgehead atoms. The van der Waals surface area contributed by atoms with E-state index >= 15 is 0 Å².